The quantitative estimate of drug-likeness (QED) is 0.683. The normalized spacial score (nSPS) is 8.54. The first kappa shape index (κ1) is 9.09. The van der Waals surface area contributed by atoms with Gasteiger partial charge in [0.05, 0.1) is 11.6 Å². The van der Waals surface area contributed by atoms with Crippen LogP contribution in [0.2, 0.25) is 0 Å². The third kappa shape index (κ3) is 2.21. The summed E-state index contributed by atoms with van der Waals surface area (Å²) in [5.41, 5.74) is 1.49. The Bertz CT molecular complexity index is 385. The second-order valence-electron chi connectivity index (χ2n) is 2.54. The lowest BCUT2D eigenvalue weighted by Crippen LogP contribution is -1.94. The summed E-state index contributed by atoms with van der Waals surface area (Å²) in [6.07, 6.45) is 0. The largest absolute Gasteiger partial charge is 0.479 e. The Labute approximate surface area is 76.8 Å². The van der Waals surface area contributed by atoms with Gasteiger partial charge in [-0.25, -0.2) is 0 Å². The molecule has 64 valence electrons. The van der Waals surface area contributed by atoms with E-state index in [0.29, 0.717) is 11.3 Å². The van der Waals surface area contributed by atoms with Crippen molar-refractivity contribution in [1.82, 2.24) is 0 Å². The monoisotopic (exact) mass is 172 g/mol. The molecule has 0 saturated heterocycles. The van der Waals surface area contributed by atoms with Crippen LogP contribution in [-0.4, -0.2) is 6.61 Å². The Kier molecular flexibility index (Phi) is 2.89. The van der Waals surface area contributed by atoms with Crippen LogP contribution in [0.3, 0.4) is 0 Å². The first-order valence-electron chi connectivity index (χ1n) is 3.78. The van der Waals surface area contributed by atoms with Crippen molar-refractivity contribution in [2.75, 3.05) is 6.61 Å². The summed E-state index contributed by atoms with van der Waals surface area (Å²) in [7, 11) is 0. The zero-order valence-corrected chi connectivity index (χ0v) is 7.24. The van der Waals surface area contributed by atoms with E-state index in [4.69, 9.17) is 15.3 Å². The fourth-order valence-electron chi connectivity index (χ4n) is 0.967. The van der Waals surface area contributed by atoms with Crippen LogP contribution in [0, 0.1) is 29.6 Å². The first-order chi connectivity index (χ1) is 6.27. The van der Waals surface area contributed by atoms with E-state index >= 15 is 0 Å². The van der Waals surface area contributed by atoms with E-state index < -0.39 is 0 Å². The van der Waals surface area contributed by atoms with Gasteiger partial charge in [-0.3, -0.25) is 0 Å². The molecule has 0 amide bonds. The molecule has 0 radical (unpaired) electrons. The minimum Gasteiger partial charge on any atom is -0.479 e. The highest BCUT2D eigenvalue weighted by molar-refractivity contribution is 5.41. The third-order valence-electron chi connectivity index (χ3n) is 1.62. The van der Waals surface area contributed by atoms with Crippen LogP contribution in [-0.2, 0) is 0 Å². The summed E-state index contributed by atoms with van der Waals surface area (Å²) < 4.78 is 5.06. The zero-order valence-electron chi connectivity index (χ0n) is 7.24. The molecule has 0 aliphatic carbocycles. The van der Waals surface area contributed by atoms with Crippen molar-refractivity contribution < 1.29 is 4.74 Å². The minimum atomic E-state index is 0.0331. The van der Waals surface area contributed by atoms with E-state index in [2.05, 4.69) is 6.07 Å². The fourth-order valence-corrected chi connectivity index (χ4v) is 0.967. The van der Waals surface area contributed by atoms with Crippen molar-refractivity contribution in [2.24, 2.45) is 0 Å². The molecule has 0 unspecified atom stereocenters. The SMILES string of the molecule is Cc1cc(OCC#N)ccc1C#N. The van der Waals surface area contributed by atoms with Crippen LogP contribution < -0.4 is 4.74 Å². The highest BCUT2D eigenvalue weighted by Gasteiger charge is 1.98. The van der Waals surface area contributed by atoms with Crippen LogP contribution in [0.5, 0.6) is 5.75 Å². The van der Waals surface area contributed by atoms with Crippen molar-refractivity contribution in [3.8, 4) is 17.9 Å². The number of nitriles is 2. The molecule has 1 aromatic carbocycles. The second-order valence-corrected chi connectivity index (χ2v) is 2.54. The average molecular weight is 172 g/mol. The first-order valence-corrected chi connectivity index (χ1v) is 3.78. The van der Waals surface area contributed by atoms with Gasteiger partial charge in [0, 0.05) is 0 Å². The second kappa shape index (κ2) is 4.13. The minimum absolute atomic E-state index is 0.0331. The highest BCUT2D eigenvalue weighted by Crippen LogP contribution is 2.16. The lowest BCUT2D eigenvalue weighted by molar-refractivity contribution is 0.368. The van der Waals surface area contributed by atoms with Gasteiger partial charge in [-0.2, -0.15) is 10.5 Å². The van der Waals surface area contributed by atoms with Gasteiger partial charge in [-0.1, -0.05) is 0 Å². The molecule has 0 N–H and O–H groups in total. The smallest absolute Gasteiger partial charge is 0.174 e. The maximum atomic E-state index is 8.64. The Balaban J connectivity index is 2.86. The fraction of sp³-hybridized carbons (Fsp3) is 0.200. The van der Waals surface area contributed by atoms with E-state index in [9.17, 15) is 0 Å². The molecular formula is C10H8N2O. The van der Waals surface area contributed by atoms with Gasteiger partial charge < -0.3 is 4.74 Å². The maximum absolute atomic E-state index is 8.64. The van der Waals surface area contributed by atoms with Gasteiger partial charge in [0.2, 0.25) is 0 Å². The summed E-state index contributed by atoms with van der Waals surface area (Å²) in [4.78, 5) is 0. The molecule has 0 fully saturated rings. The van der Waals surface area contributed by atoms with Gasteiger partial charge in [0.1, 0.15) is 11.8 Å². The summed E-state index contributed by atoms with van der Waals surface area (Å²) >= 11 is 0. The molecule has 0 bridgehead atoms. The Morgan fingerprint density at radius 1 is 1.38 bits per heavy atom. The number of nitrogens with zero attached hydrogens (tertiary/aromatic N) is 2. The van der Waals surface area contributed by atoms with Crippen LogP contribution in [0.4, 0.5) is 0 Å². The van der Waals surface area contributed by atoms with Crippen LogP contribution in [0.15, 0.2) is 18.2 Å². The molecule has 0 aromatic heterocycles. The predicted molar refractivity (Wildman–Crippen MR) is 47.0 cm³/mol. The topological polar surface area (TPSA) is 56.8 Å². The molecule has 13 heavy (non-hydrogen) atoms. The molecule has 0 heterocycles. The number of hydrogen-bond donors (Lipinski definition) is 0. The Morgan fingerprint density at radius 3 is 2.69 bits per heavy atom. The van der Waals surface area contributed by atoms with Crippen molar-refractivity contribution in [3.05, 3.63) is 29.3 Å². The van der Waals surface area contributed by atoms with Crippen molar-refractivity contribution in [1.29, 1.82) is 10.5 Å². The Morgan fingerprint density at radius 2 is 2.15 bits per heavy atom. The molecule has 3 heteroatoms. The van der Waals surface area contributed by atoms with Crippen LogP contribution in [0.1, 0.15) is 11.1 Å². The van der Waals surface area contributed by atoms with Crippen molar-refractivity contribution in [2.45, 2.75) is 6.92 Å². The summed E-state index contributed by atoms with van der Waals surface area (Å²) in [6.45, 7) is 1.86. The van der Waals surface area contributed by atoms with E-state index in [1.165, 1.54) is 0 Å². The van der Waals surface area contributed by atoms with Crippen LogP contribution >= 0.6 is 0 Å². The number of aryl methyl sites for hydroxylation is 1. The zero-order chi connectivity index (χ0) is 9.68. The molecule has 0 aliphatic heterocycles. The van der Waals surface area contributed by atoms with Gasteiger partial charge in [-0.15, -0.1) is 0 Å². The number of hydrogen-bond acceptors (Lipinski definition) is 3. The number of benzene rings is 1. The lowest BCUT2D eigenvalue weighted by atomic mass is 10.1. The molecule has 1 rings (SSSR count). The summed E-state index contributed by atoms with van der Waals surface area (Å²) in [5.74, 6) is 0.623. The van der Waals surface area contributed by atoms with Crippen LogP contribution in [0.25, 0.3) is 0 Å². The highest BCUT2D eigenvalue weighted by atomic mass is 16.5. The Hall–Kier alpha value is -2.00. The average Bonchev–Trinajstić information content (AvgIpc) is 2.15. The number of rotatable bonds is 2. The van der Waals surface area contributed by atoms with E-state index in [1.807, 2.05) is 13.0 Å². The molecular weight excluding hydrogens is 164 g/mol. The summed E-state index contributed by atoms with van der Waals surface area (Å²) in [5, 5.41) is 16.9. The lowest BCUT2D eigenvalue weighted by Gasteiger charge is -2.02. The molecule has 1 aromatic rings. The predicted octanol–water partition coefficient (Wildman–Crippen LogP) is 1.77. The van der Waals surface area contributed by atoms with E-state index in [1.54, 1.807) is 18.2 Å². The van der Waals surface area contributed by atoms with E-state index in [0.717, 1.165) is 5.56 Å². The molecule has 3 nitrogen and oxygen atoms in total. The third-order valence-corrected chi connectivity index (χ3v) is 1.62. The van der Waals surface area contributed by atoms with Crippen molar-refractivity contribution >= 4 is 0 Å². The maximum Gasteiger partial charge on any atom is 0.174 e. The van der Waals surface area contributed by atoms with Gasteiger partial charge in [0.25, 0.3) is 0 Å². The number of ether oxygens (including phenoxy) is 1. The van der Waals surface area contributed by atoms with E-state index in [-0.39, 0.29) is 6.61 Å². The molecule has 0 aliphatic rings. The van der Waals surface area contributed by atoms with Gasteiger partial charge in [0.15, 0.2) is 6.61 Å². The van der Waals surface area contributed by atoms with Gasteiger partial charge >= 0.3 is 0 Å². The molecule has 0 spiro atoms. The molecule has 0 atom stereocenters. The van der Waals surface area contributed by atoms with Gasteiger partial charge in [-0.05, 0) is 30.7 Å². The van der Waals surface area contributed by atoms with Crippen molar-refractivity contribution in [3.63, 3.8) is 0 Å². The molecule has 0 saturated carbocycles. The standard InChI is InChI=1S/C10H8N2O/c1-8-6-10(13-5-4-11)3-2-9(8)7-12/h2-3,6H,5H2,1H3. The summed E-state index contributed by atoms with van der Waals surface area (Å²) in [6, 6.07) is 9.05.